The van der Waals surface area contributed by atoms with Gasteiger partial charge >= 0.3 is 0 Å². The monoisotopic (exact) mass is 256 g/mol. The Hall–Kier alpha value is -1.75. The Balaban J connectivity index is 2.16. The first-order valence-electron chi connectivity index (χ1n) is 4.93. The predicted octanol–water partition coefficient (Wildman–Crippen LogP) is 2.14. The fourth-order valence-electron chi connectivity index (χ4n) is 1.36. The summed E-state index contributed by atoms with van der Waals surface area (Å²) in [6.45, 7) is 1.61. The largest absolute Gasteiger partial charge is 0.448 e. The van der Waals surface area contributed by atoms with E-state index < -0.39 is 18.0 Å². The Morgan fingerprint density at radius 1 is 1.47 bits per heavy atom. The summed E-state index contributed by atoms with van der Waals surface area (Å²) < 4.78 is 18.5. The molecule has 1 aromatic rings. The highest BCUT2D eigenvalue weighted by atomic mass is 35.5. The summed E-state index contributed by atoms with van der Waals surface area (Å²) >= 11 is 5.74. The molecule has 1 atom stereocenters. The Kier molecular flexibility index (Phi) is 3.19. The van der Waals surface area contributed by atoms with Crippen LogP contribution < -0.4 is 10.6 Å². The fourth-order valence-corrected chi connectivity index (χ4v) is 1.50. The van der Waals surface area contributed by atoms with Gasteiger partial charge in [-0.3, -0.25) is 4.79 Å². The lowest BCUT2D eigenvalue weighted by Crippen LogP contribution is -2.44. The van der Waals surface area contributed by atoms with E-state index in [0.29, 0.717) is 5.70 Å². The van der Waals surface area contributed by atoms with Crippen LogP contribution in [0.3, 0.4) is 0 Å². The maximum Gasteiger partial charge on any atom is 0.286 e. The zero-order valence-corrected chi connectivity index (χ0v) is 9.72. The number of rotatable bonds is 2. The maximum atomic E-state index is 13.4. The third kappa shape index (κ3) is 2.50. The van der Waals surface area contributed by atoms with Gasteiger partial charge in [0, 0.05) is 0 Å². The second kappa shape index (κ2) is 4.63. The number of hydrogen-bond donors (Lipinski definition) is 2. The lowest BCUT2D eigenvalue weighted by molar-refractivity contribution is -0.129. The van der Waals surface area contributed by atoms with Gasteiger partial charge in [-0.1, -0.05) is 12.1 Å². The molecule has 0 bridgehead atoms. The summed E-state index contributed by atoms with van der Waals surface area (Å²) in [4.78, 5) is 11.6. The zero-order valence-electron chi connectivity index (χ0n) is 8.96. The number of nitrogens with one attached hydrogen (secondary N) is 2. The van der Waals surface area contributed by atoms with Crippen molar-refractivity contribution in [1.82, 2.24) is 5.32 Å². The minimum atomic E-state index is -1.04. The predicted molar refractivity (Wildman–Crippen MR) is 61.6 cm³/mol. The van der Waals surface area contributed by atoms with Crippen LogP contribution in [-0.2, 0) is 9.53 Å². The number of carbonyl (C=O) groups excluding carboxylic acids is 1. The molecule has 1 aliphatic rings. The Morgan fingerprint density at radius 2 is 2.18 bits per heavy atom. The first-order chi connectivity index (χ1) is 8.08. The third-order valence-electron chi connectivity index (χ3n) is 2.23. The fraction of sp³-hybridized carbons (Fsp3) is 0.182. The van der Waals surface area contributed by atoms with Crippen molar-refractivity contribution in [3.05, 3.63) is 41.0 Å². The molecule has 6 heteroatoms. The van der Waals surface area contributed by atoms with Crippen LogP contribution in [0.4, 0.5) is 10.1 Å². The van der Waals surface area contributed by atoms with Crippen molar-refractivity contribution in [1.29, 1.82) is 0 Å². The summed E-state index contributed by atoms with van der Waals surface area (Å²) in [6.07, 6.45) is -1.04. The third-order valence-corrected chi connectivity index (χ3v) is 2.60. The minimum Gasteiger partial charge on any atom is -0.448 e. The van der Waals surface area contributed by atoms with Crippen molar-refractivity contribution in [3.63, 3.8) is 0 Å². The van der Waals surface area contributed by atoms with Gasteiger partial charge in [0.15, 0.2) is 0 Å². The van der Waals surface area contributed by atoms with Crippen molar-refractivity contribution in [2.24, 2.45) is 0 Å². The molecule has 1 heterocycles. The van der Waals surface area contributed by atoms with Gasteiger partial charge in [-0.25, -0.2) is 4.39 Å². The Labute approximate surface area is 102 Å². The van der Waals surface area contributed by atoms with Gasteiger partial charge in [0.2, 0.25) is 5.22 Å². The van der Waals surface area contributed by atoms with Gasteiger partial charge in [-0.05, 0) is 30.7 Å². The van der Waals surface area contributed by atoms with Crippen LogP contribution in [0.1, 0.15) is 6.92 Å². The molecule has 0 radical (unpaired) electrons. The number of para-hydroxylation sites is 1. The summed E-state index contributed by atoms with van der Waals surface area (Å²) in [5.41, 5.74) is 0.611. The molecular formula is C11H10ClFN2O2. The second-order valence-corrected chi connectivity index (χ2v) is 3.85. The van der Waals surface area contributed by atoms with E-state index in [-0.39, 0.29) is 10.9 Å². The molecule has 1 aromatic carbocycles. The number of hydrogen-bond acceptors (Lipinski definition) is 3. The number of carbonyl (C=O) groups is 1. The van der Waals surface area contributed by atoms with Crippen LogP contribution in [0.25, 0.3) is 0 Å². The zero-order chi connectivity index (χ0) is 12.4. The van der Waals surface area contributed by atoms with Crippen molar-refractivity contribution in [3.8, 4) is 0 Å². The van der Waals surface area contributed by atoms with Crippen molar-refractivity contribution < 1.29 is 13.9 Å². The van der Waals surface area contributed by atoms with E-state index >= 15 is 0 Å². The highest BCUT2D eigenvalue weighted by molar-refractivity contribution is 6.29. The number of halogens is 2. The van der Waals surface area contributed by atoms with Gasteiger partial charge < -0.3 is 15.4 Å². The molecule has 0 saturated heterocycles. The van der Waals surface area contributed by atoms with Gasteiger partial charge in [-0.15, -0.1) is 0 Å². The SMILES string of the molecule is CC1=C(Cl)OC(Nc2ccccc2F)C(=O)N1. The average molecular weight is 257 g/mol. The molecule has 0 aromatic heterocycles. The highest BCUT2D eigenvalue weighted by Crippen LogP contribution is 2.20. The molecule has 1 amide bonds. The summed E-state index contributed by atoms with van der Waals surface area (Å²) in [6, 6.07) is 5.99. The first-order valence-corrected chi connectivity index (χ1v) is 5.30. The molecule has 0 fully saturated rings. The minimum absolute atomic E-state index is 0.0819. The summed E-state index contributed by atoms with van der Waals surface area (Å²) in [5.74, 6) is -0.888. The molecule has 2 N–H and O–H groups in total. The lowest BCUT2D eigenvalue weighted by atomic mass is 10.3. The van der Waals surface area contributed by atoms with Gasteiger partial charge in [0.05, 0.1) is 11.4 Å². The summed E-state index contributed by atoms with van der Waals surface area (Å²) in [7, 11) is 0. The second-order valence-electron chi connectivity index (χ2n) is 3.51. The molecular weight excluding hydrogens is 247 g/mol. The van der Waals surface area contributed by atoms with Gasteiger partial charge in [0.25, 0.3) is 12.1 Å². The van der Waals surface area contributed by atoms with E-state index in [2.05, 4.69) is 10.6 Å². The molecule has 4 nitrogen and oxygen atoms in total. The van der Waals surface area contributed by atoms with Crippen LogP contribution in [0.5, 0.6) is 0 Å². The molecule has 2 rings (SSSR count). The van der Waals surface area contributed by atoms with Gasteiger partial charge in [-0.2, -0.15) is 0 Å². The summed E-state index contributed by atoms with van der Waals surface area (Å²) in [5, 5.41) is 5.22. The molecule has 90 valence electrons. The topological polar surface area (TPSA) is 50.4 Å². The number of benzene rings is 1. The van der Waals surface area contributed by atoms with Crippen molar-refractivity contribution >= 4 is 23.2 Å². The standard InChI is InChI=1S/C11H10ClFN2O2/c1-6-9(12)17-11(10(16)14-6)15-8-5-3-2-4-7(8)13/h2-5,11,15H,1H3,(H,14,16). The molecule has 17 heavy (non-hydrogen) atoms. The van der Waals surface area contributed by atoms with Crippen LogP contribution in [0.15, 0.2) is 35.2 Å². The van der Waals surface area contributed by atoms with Crippen molar-refractivity contribution in [2.75, 3.05) is 5.32 Å². The van der Waals surface area contributed by atoms with Crippen LogP contribution in [-0.4, -0.2) is 12.1 Å². The van der Waals surface area contributed by atoms with E-state index in [1.807, 2.05) is 0 Å². The number of amides is 1. The van der Waals surface area contributed by atoms with Crippen molar-refractivity contribution in [2.45, 2.75) is 13.2 Å². The Bertz CT molecular complexity index is 490. The molecule has 1 unspecified atom stereocenters. The van der Waals surface area contributed by atoms with E-state index in [4.69, 9.17) is 16.3 Å². The quantitative estimate of drug-likeness (QED) is 0.852. The van der Waals surface area contributed by atoms with Gasteiger partial charge in [0.1, 0.15) is 5.82 Å². The number of ether oxygens (including phenoxy) is 1. The molecule has 0 saturated carbocycles. The van der Waals surface area contributed by atoms with E-state index in [9.17, 15) is 9.18 Å². The van der Waals surface area contributed by atoms with E-state index in [1.54, 1.807) is 19.1 Å². The molecule has 1 aliphatic heterocycles. The maximum absolute atomic E-state index is 13.4. The van der Waals surface area contributed by atoms with Crippen LogP contribution in [0, 0.1) is 5.82 Å². The lowest BCUT2D eigenvalue weighted by Gasteiger charge is -2.25. The van der Waals surface area contributed by atoms with Crippen LogP contribution >= 0.6 is 11.6 Å². The van der Waals surface area contributed by atoms with E-state index in [1.165, 1.54) is 12.1 Å². The number of anilines is 1. The smallest absolute Gasteiger partial charge is 0.286 e. The van der Waals surface area contributed by atoms with E-state index in [0.717, 1.165) is 0 Å². The average Bonchev–Trinajstić information content (AvgIpc) is 2.29. The molecule has 0 aliphatic carbocycles. The van der Waals surface area contributed by atoms with Crippen LogP contribution in [0.2, 0.25) is 0 Å². The first kappa shape index (κ1) is 11.7. The highest BCUT2D eigenvalue weighted by Gasteiger charge is 2.27. The Morgan fingerprint density at radius 3 is 2.88 bits per heavy atom. The normalized spacial score (nSPS) is 19.7. The molecule has 0 spiro atoms. The number of allylic oxidation sites excluding steroid dienone is 1.